The number of rotatable bonds is 4. The molecule has 1 saturated heterocycles. The van der Waals surface area contributed by atoms with Crippen molar-refractivity contribution in [1.82, 2.24) is 29.3 Å². The van der Waals surface area contributed by atoms with Gasteiger partial charge in [0.1, 0.15) is 4.60 Å². The zero-order valence-corrected chi connectivity index (χ0v) is 15.7. The third-order valence-corrected chi connectivity index (χ3v) is 5.04. The molecule has 136 valence electrons. The van der Waals surface area contributed by atoms with Gasteiger partial charge in [-0.2, -0.15) is 0 Å². The van der Waals surface area contributed by atoms with E-state index in [2.05, 4.69) is 35.8 Å². The summed E-state index contributed by atoms with van der Waals surface area (Å²) in [6.07, 6.45) is 1.43. The van der Waals surface area contributed by atoms with Crippen LogP contribution < -0.4 is 5.69 Å². The van der Waals surface area contributed by atoms with Gasteiger partial charge in [-0.3, -0.25) is 14.5 Å². The molecular weight excluding hydrogens is 392 g/mol. The number of hydrogen-bond donors (Lipinski definition) is 2. The molecule has 3 heterocycles. The van der Waals surface area contributed by atoms with E-state index in [0.29, 0.717) is 42.1 Å². The number of aromatic nitrogens is 4. The molecule has 2 aromatic rings. The van der Waals surface area contributed by atoms with Gasteiger partial charge in [0.15, 0.2) is 11.3 Å². The molecule has 10 heteroatoms. The summed E-state index contributed by atoms with van der Waals surface area (Å²) in [7, 11) is 0. The van der Waals surface area contributed by atoms with Gasteiger partial charge in [0.25, 0.3) is 0 Å². The first-order valence-corrected chi connectivity index (χ1v) is 9.04. The summed E-state index contributed by atoms with van der Waals surface area (Å²) >= 11 is 3.30. The summed E-state index contributed by atoms with van der Waals surface area (Å²) in [5.41, 5.74) is 0.774. The lowest BCUT2D eigenvalue weighted by Gasteiger charge is -2.39. The van der Waals surface area contributed by atoms with Gasteiger partial charge in [0.2, 0.25) is 0 Å². The summed E-state index contributed by atoms with van der Waals surface area (Å²) in [5, 5.41) is 9.19. The van der Waals surface area contributed by atoms with Crippen LogP contribution in [0.2, 0.25) is 0 Å². The zero-order chi connectivity index (χ0) is 18.1. The molecule has 2 aromatic heterocycles. The Morgan fingerprint density at radius 1 is 1.52 bits per heavy atom. The molecule has 0 spiro atoms. The van der Waals surface area contributed by atoms with E-state index >= 15 is 0 Å². The number of amides is 1. The highest BCUT2D eigenvalue weighted by atomic mass is 79.9. The Morgan fingerprint density at radius 2 is 2.28 bits per heavy atom. The largest absolute Gasteiger partial charge is 0.465 e. The van der Waals surface area contributed by atoms with Gasteiger partial charge in [-0.1, -0.05) is 6.92 Å². The molecule has 9 nitrogen and oxygen atoms in total. The van der Waals surface area contributed by atoms with Crippen molar-refractivity contribution in [3.05, 3.63) is 21.3 Å². The first-order chi connectivity index (χ1) is 11.9. The second-order valence-corrected chi connectivity index (χ2v) is 7.12. The molecule has 1 amide bonds. The van der Waals surface area contributed by atoms with Crippen molar-refractivity contribution in [2.45, 2.75) is 32.4 Å². The number of aromatic amines is 1. The maximum atomic E-state index is 12.4. The number of hydrogen-bond acceptors (Lipinski definition) is 5. The Morgan fingerprint density at radius 3 is 2.92 bits per heavy atom. The standard InChI is InChI=1S/C15H21BrN6O3/c1-3-10(8-20-4-5-21(15(24)25)9(2)7-20)22-13-12(19-14(22)23)17-6-11(16)18-13/h6,9-10H,3-5,7-8H2,1-2H3,(H,24,25)(H,17,19,23). The molecule has 2 N–H and O–H groups in total. The van der Waals surface area contributed by atoms with Crippen molar-refractivity contribution in [3.8, 4) is 0 Å². The molecule has 2 unspecified atom stereocenters. The Kier molecular flexibility index (Phi) is 5.09. The quantitative estimate of drug-likeness (QED) is 0.787. The van der Waals surface area contributed by atoms with Crippen molar-refractivity contribution < 1.29 is 9.90 Å². The van der Waals surface area contributed by atoms with Gasteiger partial charge < -0.3 is 10.0 Å². The lowest BCUT2D eigenvalue weighted by molar-refractivity contribution is 0.0676. The number of piperazine rings is 1. The van der Waals surface area contributed by atoms with Crippen LogP contribution in [0.1, 0.15) is 26.3 Å². The van der Waals surface area contributed by atoms with Gasteiger partial charge in [-0.25, -0.2) is 19.6 Å². The van der Waals surface area contributed by atoms with Crippen LogP contribution in [-0.4, -0.2) is 72.7 Å². The van der Waals surface area contributed by atoms with Gasteiger partial charge in [-0.05, 0) is 29.3 Å². The van der Waals surface area contributed by atoms with Crippen molar-refractivity contribution in [2.24, 2.45) is 0 Å². The molecule has 3 rings (SSSR count). The summed E-state index contributed by atoms with van der Waals surface area (Å²) in [5.74, 6) is 0. The fourth-order valence-electron chi connectivity index (χ4n) is 3.39. The van der Waals surface area contributed by atoms with Crippen molar-refractivity contribution in [3.63, 3.8) is 0 Å². The van der Waals surface area contributed by atoms with E-state index in [1.165, 1.54) is 4.90 Å². The van der Waals surface area contributed by atoms with Gasteiger partial charge in [0, 0.05) is 32.2 Å². The van der Waals surface area contributed by atoms with Crippen LogP contribution in [0.15, 0.2) is 15.6 Å². The molecule has 1 fully saturated rings. The van der Waals surface area contributed by atoms with Crippen molar-refractivity contribution in [1.29, 1.82) is 0 Å². The van der Waals surface area contributed by atoms with E-state index in [4.69, 9.17) is 0 Å². The van der Waals surface area contributed by atoms with E-state index in [-0.39, 0.29) is 17.8 Å². The molecule has 0 bridgehead atoms. The Balaban J connectivity index is 1.82. The van der Waals surface area contributed by atoms with Crippen molar-refractivity contribution >= 4 is 33.3 Å². The highest BCUT2D eigenvalue weighted by Gasteiger charge is 2.29. The molecule has 25 heavy (non-hydrogen) atoms. The molecule has 0 radical (unpaired) electrons. The molecule has 0 aliphatic carbocycles. The minimum absolute atomic E-state index is 0.0616. The minimum atomic E-state index is -0.882. The predicted octanol–water partition coefficient (Wildman–Crippen LogP) is 1.52. The van der Waals surface area contributed by atoms with E-state index in [1.807, 2.05) is 13.8 Å². The van der Waals surface area contributed by atoms with Crippen LogP contribution in [-0.2, 0) is 0 Å². The molecule has 1 aliphatic heterocycles. The smallest absolute Gasteiger partial charge is 0.407 e. The third kappa shape index (κ3) is 3.54. The topological polar surface area (TPSA) is 107 Å². The van der Waals surface area contributed by atoms with E-state index in [9.17, 15) is 14.7 Å². The van der Waals surface area contributed by atoms with Gasteiger partial charge >= 0.3 is 11.8 Å². The third-order valence-electron chi connectivity index (χ3n) is 4.66. The lowest BCUT2D eigenvalue weighted by Crippen LogP contribution is -2.54. The molecule has 2 atom stereocenters. The second-order valence-electron chi connectivity index (χ2n) is 6.31. The monoisotopic (exact) mass is 412 g/mol. The van der Waals surface area contributed by atoms with Crippen molar-refractivity contribution in [2.75, 3.05) is 26.2 Å². The fraction of sp³-hybridized carbons (Fsp3) is 0.600. The fourth-order valence-corrected chi connectivity index (χ4v) is 3.66. The van der Waals surface area contributed by atoms with Crippen LogP contribution in [0.4, 0.5) is 4.79 Å². The Labute approximate surface area is 152 Å². The number of nitrogens with one attached hydrogen (secondary N) is 1. The van der Waals surface area contributed by atoms with Gasteiger partial charge in [-0.15, -0.1) is 0 Å². The second kappa shape index (κ2) is 7.12. The molecular formula is C15H21BrN6O3. The highest BCUT2D eigenvalue weighted by molar-refractivity contribution is 9.10. The zero-order valence-electron chi connectivity index (χ0n) is 14.1. The Bertz CT molecular complexity index is 834. The van der Waals surface area contributed by atoms with E-state index in [0.717, 1.165) is 6.42 Å². The van der Waals surface area contributed by atoms with Crippen LogP contribution in [0.25, 0.3) is 11.3 Å². The number of carboxylic acid groups (broad SMARTS) is 1. The molecule has 1 aliphatic rings. The number of halogens is 1. The number of H-pyrrole nitrogens is 1. The maximum absolute atomic E-state index is 12.4. The first kappa shape index (κ1) is 17.9. The summed E-state index contributed by atoms with van der Waals surface area (Å²) in [6, 6.07) is -0.134. The lowest BCUT2D eigenvalue weighted by atomic mass is 10.1. The van der Waals surface area contributed by atoms with E-state index < -0.39 is 6.09 Å². The molecule has 0 aromatic carbocycles. The van der Waals surface area contributed by atoms with E-state index in [1.54, 1.807) is 10.8 Å². The number of fused-ring (bicyclic) bond motifs is 1. The maximum Gasteiger partial charge on any atom is 0.407 e. The number of nitrogens with zero attached hydrogens (tertiary/aromatic N) is 5. The predicted molar refractivity (Wildman–Crippen MR) is 95.8 cm³/mol. The molecule has 0 saturated carbocycles. The summed E-state index contributed by atoms with van der Waals surface area (Å²) in [4.78, 5) is 38.6. The first-order valence-electron chi connectivity index (χ1n) is 8.25. The Hall–Kier alpha value is -1.94. The average Bonchev–Trinajstić information content (AvgIpc) is 2.87. The average molecular weight is 413 g/mol. The van der Waals surface area contributed by atoms with Gasteiger partial charge in [0.05, 0.1) is 12.2 Å². The number of carbonyl (C=O) groups is 1. The highest BCUT2D eigenvalue weighted by Crippen LogP contribution is 2.19. The van der Waals surface area contributed by atoms with Crippen LogP contribution in [0.5, 0.6) is 0 Å². The van der Waals surface area contributed by atoms with Crippen LogP contribution >= 0.6 is 15.9 Å². The van der Waals surface area contributed by atoms with Crippen LogP contribution in [0.3, 0.4) is 0 Å². The SMILES string of the molecule is CCC(CN1CCN(C(=O)O)C(C)C1)n1c(=O)[nH]c2ncc(Br)nc21. The normalized spacial score (nSPS) is 20.1. The minimum Gasteiger partial charge on any atom is -0.465 e. The summed E-state index contributed by atoms with van der Waals surface area (Å²) in [6.45, 7) is 6.37. The van der Waals surface area contributed by atoms with Crippen LogP contribution in [0, 0.1) is 0 Å². The number of imidazole rings is 1. The summed E-state index contributed by atoms with van der Waals surface area (Å²) < 4.78 is 2.23.